The van der Waals surface area contributed by atoms with Gasteiger partial charge >= 0.3 is 64.1 Å². The van der Waals surface area contributed by atoms with Gasteiger partial charge < -0.3 is 85.3 Å². The first kappa shape index (κ1) is 65.6. The van der Waals surface area contributed by atoms with Crippen LogP contribution in [0.25, 0.3) is 0 Å². The maximum atomic E-state index is 2.97. The third-order valence-corrected chi connectivity index (χ3v) is 18.3. The van der Waals surface area contributed by atoms with E-state index in [-0.39, 0.29) is 78.0 Å². The van der Waals surface area contributed by atoms with Crippen molar-refractivity contribution < 1.29 is 0 Å². The Morgan fingerprint density at radius 1 is 0.233 bits per heavy atom. The van der Waals surface area contributed by atoms with Gasteiger partial charge in [0.1, 0.15) is 0 Å². The minimum atomic E-state index is -0.0219. The van der Waals surface area contributed by atoms with Gasteiger partial charge in [0.25, 0.3) is 20.9 Å². The number of rotatable bonds is 28. The molecule has 0 aromatic carbocycles. The summed E-state index contributed by atoms with van der Waals surface area (Å²) >= 11 is 0. The van der Waals surface area contributed by atoms with Crippen molar-refractivity contribution in [2.45, 2.75) is 152 Å². The molecule has 0 radical (unpaired) electrons. The van der Waals surface area contributed by atoms with Crippen LogP contribution in [0, 0.1) is 0 Å². The molecule has 4 aliphatic heterocycles. The molecule has 18 nitrogen and oxygen atoms in total. The molecule has 0 N–H and O–H groups in total. The summed E-state index contributed by atoms with van der Waals surface area (Å²) in [6.45, 7) is 68.8. The Bertz CT molecular complexity index is 1500. The monoisotopic (exact) mass is 1010 g/mol. The van der Waals surface area contributed by atoms with Crippen molar-refractivity contribution in [1.29, 1.82) is 0 Å². The van der Waals surface area contributed by atoms with Crippen molar-refractivity contribution in [1.82, 2.24) is 85.3 Å². The summed E-state index contributed by atoms with van der Waals surface area (Å²) in [5, 5.41) is 0. The van der Waals surface area contributed by atoms with Crippen LogP contribution in [0.4, 0.5) is 0 Å². The summed E-state index contributed by atoms with van der Waals surface area (Å²) in [6.07, 6.45) is 1.08. The van der Waals surface area contributed by atoms with E-state index in [0.717, 1.165) is 124 Å². The second kappa shape index (κ2) is 30.6. The minimum absolute atomic E-state index is 0.0212. The Kier molecular flexibility index (Phi) is 27.5. The summed E-state index contributed by atoms with van der Waals surface area (Å²) in [4.78, 5) is 7.80. The summed E-state index contributed by atoms with van der Waals surface area (Å²) in [6, 6.07) is 0. The molecule has 0 aromatic rings. The first-order valence-electron chi connectivity index (χ1n) is 30.6. The molecule has 0 bridgehead atoms. The number of nitrogens with zero attached hydrogens (tertiary/aromatic N) is 18. The zero-order valence-electron chi connectivity index (χ0n) is 52.4. The maximum Gasteiger partial charge on any atom is 0.383 e. The lowest BCUT2D eigenvalue weighted by molar-refractivity contribution is 0.298. The Hall–Kier alpha value is 0.0592. The predicted molar refractivity (Wildman–Crippen MR) is 332 cm³/mol. The lowest BCUT2D eigenvalue weighted by Gasteiger charge is -2.65. The molecule has 0 saturated carbocycles. The van der Waals surface area contributed by atoms with E-state index in [0.29, 0.717) is 6.98 Å². The van der Waals surface area contributed by atoms with E-state index >= 15 is 0 Å². The van der Waals surface area contributed by atoms with E-state index in [1.807, 2.05) is 0 Å². The largest absolute Gasteiger partial charge is 0.383 e. The normalized spacial score (nSPS) is 21.1. The van der Waals surface area contributed by atoms with Gasteiger partial charge in [-0.25, -0.2) is 0 Å². The van der Waals surface area contributed by atoms with Crippen LogP contribution in [0.3, 0.4) is 0 Å². The smallest absolute Gasteiger partial charge is 0.343 e. The van der Waals surface area contributed by atoms with Crippen LogP contribution < -0.4 is 0 Å². The Morgan fingerprint density at radius 3 is 0.616 bits per heavy atom. The van der Waals surface area contributed by atoms with Crippen molar-refractivity contribution in [2.24, 2.45) is 0 Å². The molecule has 0 aromatic heterocycles. The second-order valence-electron chi connectivity index (χ2n) is 20.9. The number of hydrogen-bond donors (Lipinski definition) is 0. The lowest BCUT2D eigenvalue weighted by Crippen LogP contribution is -2.94. The van der Waals surface area contributed by atoms with Crippen LogP contribution in [-0.2, 0) is 0 Å². The molecule has 0 unspecified atom stereocenters. The van der Waals surface area contributed by atoms with Gasteiger partial charge in [-0.2, -0.15) is 0 Å². The van der Waals surface area contributed by atoms with Crippen LogP contribution in [0.5, 0.6) is 0 Å². The number of hydrogen-bond acceptors (Lipinski definition) is 18. The van der Waals surface area contributed by atoms with Gasteiger partial charge in [-0.3, -0.25) is 0 Å². The average Bonchev–Trinajstić information content (AvgIpc) is 3.41. The van der Waals surface area contributed by atoms with Crippen molar-refractivity contribution in [3.8, 4) is 0 Å². The van der Waals surface area contributed by atoms with Crippen molar-refractivity contribution in [2.75, 3.05) is 139 Å². The highest BCUT2D eigenvalue weighted by molar-refractivity contribution is 6.96. The summed E-state index contributed by atoms with van der Waals surface area (Å²) in [7, 11) is 7.74. The average molecular weight is 1010 g/mol. The third kappa shape index (κ3) is 12.2. The fourth-order valence-electron chi connectivity index (χ4n) is 14.6. The molecule has 4 heterocycles. The molecule has 73 heavy (non-hydrogen) atoms. The Balaban J connectivity index is 2.21. The molecule has 0 amide bonds. The zero-order valence-corrected chi connectivity index (χ0v) is 52.4. The van der Waals surface area contributed by atoms with Crippen LogP contribution in [0.1, 0.15) is 132 Å². The SMILES string of the molecule is CCB1N(CC)B(N(C)CC)N(CC)B(N(CC)B2N(CC)B(N(CC)B3N(CC)B(C)N(CC)B(N(C)CC)N3CC)N(CC)B(N(CC)B3N(CC)B(C)N(CC)B(N(C)CC)N3CC)N2CC)N1CC. The molecule has 408 valence electrons. The van der Waals surface area contributed by atoms with Gasteiger partial charge in [0.15, 0.2) is 0 Å². The second-order valence-corrected chi connectivity index (χ2v) is 20.9. The molecular formula is C43H110B12N18. The van der Waals surface area contributed by atoms with Gasteiger partial charge in [-0.15, -0.1) is 0 Å². The molecule has 0 spiro atoms. The van der Waals surface area contributed by atoms with E-state index in [2.05, 4.69) is 252 Å². The van der Waals surface area contributed by atoms with E-state index in [9.17, 15) is 0 Å². The highest BCUT2D eigenvalue weighted by Crippen LogP contribution is 2.35. The fourth-order valence-corrected chi connectivity index (χ4v) is 14.6. The van der Waals surface area contributed by atoms with E-state index < -0.39 is 0 Å². The quantitative estimate of drug-likeness (QED) is 0.108. The Labute approximate surface area is 458 Å². The molecule has 30 heteroatoms. The van der Waals surface area contributed by atoms with E-state index in [4.69, 9.17) is 0 Å². The van der Waals surface area contributed by atoms with Crippen molar-refractivity contribution in [3.63, 3.8) is 0 Å². The molecule has 4 aliphatic rings. The first-order valence-corrected chi connectivity index (χ1v) is 30.6. The summed E-state index contributed by atoms with van der Waals surface area (Å²) < 4.78 is 43.1. The van der Waals surface area contributed by atoms with E-state index in [1.54, 1.807) is 0 Å². The van der Waals surface area contributed by atoms with Crippen molar-refractivity contribution in [3.05, 3.63) is 0 Å². The molecule has 4 saturated heterocycles. The summed E-state index contributed by atoms with van der Waals surface area (Å²) in [5.74, 6) is 0. The highest BCUT2D eigenvalue weighted by Gasteiger charge is 2.67. The van der Waals surface area contributed by atoms with Gasteiger partial charge in [-0.1, -0.05) is 145 Å². The molecule has 4 fully saturated rings. The van der Waals surface area contributed by atoms with Gasteiger partial charge in [0.2, 0.25) is 0 Å². The van der Waals surface area contributed by atoms with E-state index in [1.165, 1.54) is 0 Å². The predicted octanol–water partition coefficient (Wildman–Crippen LogP) is 2.33. The van der Waals surface area contributed by atoms with Crippen LogP contribution in [0.2, 0.25) is 20.0 Å². The zero-order chi connectivity index (χ0) is 54.8. The minimum Gasteiger partial charge on any atom is -0.343 e. The highest BCUT2D eigenvalue weighted by atomic mass is 15.6. The van der Waals surface area contributed by atoms with Crippen LogP contribution >= 0.6 is 0 Å². The lowest BCUT2D eigenvalue weighted by atomic mass is 9.42. The third-order valence-electron chi connectivity index (χ3n) is 18.3. The van der Waals surface area contributed by atoms with Gasteiger partial charge in [0.05, 0.1) is 0 Å². The molecule has 4 rings (SSSR count). The fraction of sp³-hybridized carbons (Fsp3) is 1.00. The van der Waals surface area contributed by atoms with Crippen LogP contribution in [-0.4, -0.2) is 309 Å². The van der Waals surface area contributed by atoms with Crippen molar-refractivity contribution >= 4 is 85.0 Å². The van der Waals surface area contributed by atoms with Gasteiger partial charge in [-0.05, 0) is 145 Å². The molecular weight excluding hydrogens is 898 g/mol. The van der Waals surface area contributed by atoms with Crippen LogP contribution in [0.15, 0.2) is 0 Å². The topological polar surface area (TPSA) is 58.3 Å². The molecule has 0 atom stereocenters. The first-order chi connectivity index (χ1) is 35.1. The summed E-state index contributed by atoms with van der Waals surface area (Å²) in [5.41, 5.74) is 0. The standard InChI is InChI=1S/C43H110B12N18/c1-25-46-63(33-9)49(58(24)28-4)67(37-13)52(64(46)34-10)70(40-16)55-72(42-18)53(68(38-14)50-61(31-7)44(20)59(29-5)47(56(22)26-2)65(50)35-11)71(41-17)54(73(55)43-19)69(39-15)51-62(32-8)45(21)60(30-6)48(57(23)27-3)66(51)36-12/h25-43H2,1-24H3. The molecule has 0 aliphatic carbocycles. The maximum absolute atomic E-state index is 2.97. The Morgan fingerprint density at radius 2 is 0.411 bits per heavy atom. The van der Waals surface area contributed by atoms with Gasteiger partial charge in [0, 0.05) is 0 Å².